The zero-order valence-corrected chi connectivity index (χ0v) is 13.8. The Hall–Kier alpha value is -2.15. The van der Waals surface area contributed by atoms with Crippen LogP contribution in [-0.2, 0) is 29.7 Å². The van der Waals surface area contributed by atoms with Crippen LogP contribution in [0.2, 0.25) is 0 Å². The molecule has 118 valence electrons. The van der Waals surface area contributed by atoms with Gasteiger partial charge in [-0.2, -0.15) is 0 Å². The average Bonchev–Trinajstić information content (AvgIpc) is 2.45. The summed E-state index contributed by atoms with van der Waals surface area (Å²) in [5, 5.41) is 0. The monoisotopic (exact) mass is 322 g/mol. The molecule has 1 heterocycles. The fourth-order valence-corrected chi connectivity index (χ4v) is 3.57. The van der Waals surface area contributed by atoms with E-state index < -0.39 is 26.8 Å². The van der Waals surface area contributed by atoms with Crippen molar-refractivity contribution in [3.05, 3.63) is 61.9 Å². The van der Waals surface area contributed by atoms with E-state index in [1.807, 2.05) is 13.8 Å². The second-order valence-corrected chi connectivity index (χ2v) is 7.37. The van der Waals surface area contributed by atoms with Crippen LogP contribution in [0.4, 0.5) is 0 Å². The van der Waals surface area contributed by atoms with Crippen LogP contribution in [0.25, 0.3) is 0 Å². The van der Waals surface area contributed by atoms with Gasteiger partial charge in [-0.1, -0.05) is 6.07 Å². The Balaban J connectivity index is 2.52. The van der Waals surface area contributed by atoms with E-state index in [0.717, 1.165) is 15.7 Å². The Morgan fingerprint density at radius 2 is 1.59 bits per heavy atom. The lowest BCUT2D eigenvalue weighted by atomic mass is 10.1. The van der Waals surface area contributed by atoms with E-state index in [2.05, 4.69) is 0 Å². The molecule has 0 aliphatic rings. The molecule has 0 saturated carbocycles. The zero-order valence-electron chi connectivity index (χ0n) is 13.0. The van der Waals surface area contributed by atoms with Crippen LogP contribution in [0.1, 0.15) is 16.8 Å². The Bertz CT molecular complexity index is 952. The fraction of sp³-hybridized carbons (Fsp3) is 0.333. The number of aromatic nitrogens is 2. The highest BCUT2D eigenvalue weighted by Crippen LogP contribution is 2.18. The van der Waals surface area contributed by atoms with Gasteiger partial charge in [0, 0.05) is 25.9 Å². The molecule has 0 fully saturated rings. The quantitative estimate of drug-likeness (QED) is 0.832. The van der Waals surface area contributed by atoms with Crippen molar-refractivity contribution in [3.8, 4) is 0 Å². The second-order valence-electron chi connectivity index (χ2n) is 5.38. The lowest BCUT2D eigenvalue weighted by molar-refractivity contribution is 0.589. The van der Waals surface area contributed by atoms with Crippen LogP contribution in [-0.4, -0.2) is 17.6 Å². The summed E-state index contributed by atoms with van der Waals surface area (Å²) in [5.41, 5.74) is 0.983. The van der Waals surface area contributed by atoms with Gasteiger partial charge < -0.3 is 0 Å². The summed E-state index contributed by atoms with van der Waals surface area (Å²) in [6.07, 6.45) is 0. The van der Waals surface area contributed by atoms with Crippen LogP contribution >= 0.6 is 0 Å². The second kappa shape index (κ2) is 5.57. The van der Waals surface area contributed by atoms with Crippen LogP contribution in [0.5, 0.6) is 0 Å². The fourth-order valence-electron chi connectivity index (χ4n) is 2.10. The summed E-state index contributed by atoms with van der Waals surface area (Å²) in [5.74, 6) is -0.392. The van der Waals surface area contributed by atoms with E-state index >= 15 is 0 Å². The molecule has 0 bridgehead atoms. The molecule has 2 aromatic rings. The molecule has 1 aromatic heterocycles. The number of nitrogens with zero attached hydrogens (tertiary/aromatic N) is 2. The number of sulfone groups is 1. The molecule has 7 heteroatoms. The molecule has 0 saturated heterocycles. The first kappa shape index (κ1) is 16.2. The SMILES string of the molecule is Cc1ccc(S(=O)(=O)Cc2cc(=O)n(C)c(=O)n2C)cc1C. The van der Waals surface area contributed by atoms with E-state index in [-0.39, 0.29) is 10.6 Å². The maximum atomic E-state index is 12.5. The van der Waals surface area contributed by atoms with Gasteiger partial charge in [0.1, 0.15) is 0 Å². The topological polar surface area (TPSA) is 78.1 Å². The lowest BCUT2D eigenvalue weighted by Crippen LogP contribution is -2.38. The van der Waals surface area contributed by atoms with Crippen molar-refractivity contribution in [1.29, 1.82) is 0 Å². The molecule has 0 spiro atoms. The van der Waals surface area contributed by atoms with Crippen molar-refractivity contribution >= 4 is 9.84 Å². The van der Waals surface area contributed by atoms with E-state index in [9.17, 15) is 18.0 Å². The molecule has 1 aromatic carbocycles. The van der Waals surface area contributed by atoms with Crippen LogP contribution in [0.15, 0.2) is 38.8 Å². The van der Waals surface area contributed by atoms with E-state index in [1.165, 1.54) is 30.8 Å². The molecule has 6 nitrogen and oxygen atoms in total. The lowest BCUT2D eigenvalue weighted by Gasteiger charge is -2.11. The van der Waals surface area contributed by atoms with Crippen molar-refractivity contribution < 1.29 is 8.42 Å². The number of hydrogen-bond donors (Lipinski definition) is 0. The molecule has 0 aliphatic carbocycles. The minimum absolute atomic E-state index is 0.173. The predicted molar refractivity (Wildman–Crippen MR) is 83.7 cm³/mol. The summed E-state index contributed by atoms with van der Waals surface area (Å²) in [6.45, 7) is 3.73. The highest BCUT2D eigenvalue weighted by molar-refractivity contribution is 7.90. The summed E-state index contributed by atoms with van der Waals surface area (Å²) in [4.78, 5) is 23.7. The molecule has 0 aliphatic heterocycles. The first-order valence-electron chi connectivity index (χ1n) is 6.69. The van der Waals surface area contributed by atoms with Crippen molar-refractivity contribution in [1.82, 2.24) is 9.13 Å². The number of rotatable bonds is 3. The van der Waals surface area contributed by atoms with Gasteiger partial charge in [0.05, 0.1) is 10.6 Å². The third-order valence-electron chi connectivity index (χ3n) is 3.80. The van der Waals surface area contributed by atoms with Crippen molar-refractivity contribution in [3.63, 3.8) is 0 Å². The maximum Gasteiger partial charge on any atom is 0.330 e. The van der Waals surface area contributed by atoms with Crippen molar-refractivity contribution in [2.45, 2.75) is 24.5 Å². The highest BCUT2D eigenvalue weighted by Gasteiger charge is 2.19. The summed E-state index contributed by atoms with van der Waals surface area (Å²) in [7, 11) is -0.824. The first-order valence-corrected chi connectivity index (χ1v) is 8.34. The van der Waals surface area contributed by atoms with E-state index in [1.54, 1.807) is 12.1 Å². The van der Waals surface area contributed by atoms with Crippen LogP contribution in [0.3, 0.4) is 0 Å². The predicted octanol–water partition coefficient (Wildman–Crippen LogP) is 0.675. The minimum atomic E-state index is -3.63. The maximum absolute atomic E-state index is 12.5. The third kappa shape index (κ3) is 2.89. The average molecular weight is 322 g/mol. The largest absolute Gasteiger partial charge is 0.330 e. The van der Waals surface area contributed by atoms with Crippen molar-refractivity contribution in [2.24, 2.45) is 14.1 Å². The Labute approximate surface area is 128 Å². The van der Waals surface area contributed by atoms with Gasteiger partial charge in [-0.15, -0.1) is 0 Å². The van der Waals surface area contributed by atoms with E-state index in [0.29, 0.717) is 0 Å². The van der Waals surface area contributed by atoms with Crippen molar-refractivity contribution in [2.75, 3.05) is 0 Å². The summed E-state index contributed by atoms with van der Waals surface area (Å²) < 4.78 is 27.1. The van der Waals surface area contributed by atoms with Gasteiger partial charge in [0.2, 0.25) is 0 Å². The smallest absolute Gasteiger partial charge is 0.300 e. The van der Waals surface area contributed by atoms with E-state index in [4.69, 9.17) is 0 Å². The number of hydrogen-bond acceptors (Lipinski definition) is 4. The normalized spacial score (nSPS) is 11.6. The molecule has 2 rings (SSSR count). The zero-order chi connectivity index (χ0) is 16.7. The third-order valence-corrected chi connectivity index (χ3v) is 5.45. The molecule has 0 unspecified atom stereocenters. The Kier molecular flexibility index (Phi) is 4.10. The van der Waals surface area contributed by atoms with Gasteiger partial charge >= 0.3 is 5.69 Å². The summed E-state index contributed by atoms with van der Waals surface area (Å²) >= 11 is 0. The molecule has 22 heavy (non-hydrogen) atoms. The molecular formula is C15H18N2O4S. The van der Waals surface area contributed by atoms with Gasteiger partial charge in [0.15, 0.2) is 9.84 Å². The Morgan fingerprint density at radius 1 is 0.955 bits per heavy atom. The Morgan fingerprint density at radius 3 is 2.18 bits per heavy atom. The molecule has 0 radical (unpaired) electrons. The molecule has 0 amide bonds. The van der Waals surface area contributed by atoms with Gasteiger partial charge in [0.25, 0.3) is 5.56 Å². The molecule has 0 atom stereocenters. The van der Waals surface area contributed by atoms with Crippen LogP contribution in [0, 0.1) is 13.8 Å². The molecular weight excluding hydrogens is 304 g/mol. The van der Waals surface area contributed by atoms with Gasteiger partial charge in [-0.25, -0.2) is 13.2 Å². The summed E-state index contributed by atoms with van der Waals surface area (Å²) in [6, 6.07) is 6.06. The minimum Gasteiger partial charge on any atom is -0.300 e. The van der Waals surface area contributed by atoms with Crippen LogP contribution < -0.4 is 11.2 Å². The van der Waals surface area contributed by atoms with Gasteiger partial charge in [-0.05, 0) is 37.1 Å². The number of aryl methyl sites for hydroxylation is 2. The first-order chi connectivity index (χ1) is 10.1. The molecule has 0 N–H and O–H groups in total. The van der Waals surface area contributed by atoms with Gasteiger partial charge in [-0.3, -0.25) is 13.9 Å². The number of benzene rings is 1. The standard InChI is InChI=1S/C15H18N2O4S/c1-10-5-6-13(7-11(10)2)22(20,21)9-12-8-14(18)17(4)15(19)16(12)3/h5-8H,9H2,1-4H3. The highest BCUT2D eigenvalue weighted by atomic mass is 32.2.